The Labute approximate surface area is 253 Å². The van der Waals surface area contributed by atoms with E-state index >= 15 is 0 Å². The molecule has 0 unspecified atom stereocenters. The molecular formula is C29H25Cl3N2O6S. The fraction of sp³-hybridized carbons (Fsp3) is 0.172. The number of hydrogen-bond acceptors (Lipinski definition) is 6. The van der Waals surface area contributed by atoms with Gasteiger partial charge in [-0.1, -0.05) is 46.9 Å². The van der Waals surface area contributed by atoms with Crippen LogP contribution in [-0.2, 0) is 37.4 Å². The highest BCUT2D eigenvalue weighted by molar-refractivity contribution is 7.89. The largest absolute Gasteiger partial charge is 0.465 e. The van der Waals surface area contributed by atoms with Gasteiger partial charge in [-0.15, -0.1) is 6.58 Å². The molecule has 8 nitrogen and oxygen atoms in total. The lowest BCUT2D eigenvalue weighted by Crippen LogP contribution is -2.30. The summed E-state index contributed by atoms with van der Waals surface area (Å²) < 4.78 is 39.4. The number of sulfonamides is 1. The lowest BCUT2D eigenvalue weighted by molar-refractivity contribution is -0.136. The van der Waals surface area contributed by atoms with E-state index in [0.717, 1.165) is 0 Å². The number of nitrogens with zero attached hydrogens (tertiary/aromatic N) is 2. The summed E-state index contributed by atoms with van der Waals surface area (Å²) in [5, 5.41) is 1.03. The maximum Gasteiger partial charge on any atom is 0.340 e. The summed E-state index contributed by atoms with van der Waals surface area (Å²) in [7, 11) is -2.79. The molecule has 0 atom stereocenters. The van der Waals surface area contributed by atoms with Gasteiger partial charge in [-0.25, -0.2) is 13.2 Å². The molecule has 4 rings (SSSR count). The van der Waals surface area contributed by atoms with E-state index in [2.05, 4.69) is 6.58 Å². The van der Waals surface area contributed by atoms with Crippen molar-refractivity contribution < 1.29 is 27.2 Å². The van der Waals surface area contributed by atoms with Crippen molar-refractivity contribution in [2.24, 2.45) is 0 Å². The van der Waals surface area contributed by atoms with Crippen LogP contribution in [0.4, 0.5) is 0 Å². The van der Waals surface area contributed by atoms with Crippen LogP contribution in [0.1, 0.15) is 24.0 Å². The van der Waals surface area contributed by atoms with Gasteiger partial charge < -0.3 is 14.1 Å². The molecule has 0 saturated carbocycles. The Bertz CT molecular complexity index is 1680. The molecule has 0 aliphatic carbocycles. The Balaban J connectivity index is 1.69. The monoisotopic (exact) mass is 634 g/mol. The smallest absolute Gasteiger partial charge is 0.340 e. The molecule has 0 radical (unpaired) electrons. The normalized spacial score (nSPS) is 14.8. The lowest BCUT2D eigenvalue weighted by atomic mass is 10.1. The number of ether oxygens (including phenoxy) is 1. The molecule has 0 fully saturated rings. The van der Waals surface area contributed by atoms with Gasteiger partial charge in [-0.2, -0.15) is 4.31 Å². The predicted molar refractivity (Wildman–Crippen MR) is 158 cm³/mol. The number of halogens is 3. The van der Waals surface area contributed by atoms with Crippen LogP contribution in [0.2, 0.25) is 15.1 Å². The van der Waals surface area contributed by atoms with E-state index < -0.39 is 21.9 Å². The maximum atomic E-state index is 13.7. The summed E-state index contributed by atoms with van der Waals surface area (Å²) in [6.45, 7) is 5.32. The highest BCUT2D eigenvalue weighted by Crippen LogP contribution is 2.32. The second kappa shape index (κ2) is 12.7. The maximum absolute atomic E-state index is 13.7. The summed E-state index contributed by atoms with van der Waals surface area (Å²) >= 11 is 18.2. The molecule has 0 bridgehead atoms. The van der Waals surface area contributed by atoms with Crippen molar-refractivity contribution in [3.63, 3.8) is 0 Å². The van der Waals surface area contributed by atoms with Gasteiger partial charge in [0.1, 0.15) is 11.5 Å². The van der Waals surface area contributed by atoms with Crippen LogP contribution in [0.25, 0.3) is 6.08 Å². The van der Waals surface area contributed by atoms with Crippen LogP contribution in [0.3, 0.4) is 0 Å². The van der Waals surface area contributed by atoms with E-state index in [4.69, 9.17) is 44.0 Å². The number of allylic oxidation sites excluding steroid dienone is 1. The van der Waals surface area contributed by atoms with Crippen molar-refractivity contribution in [3.05, 3.63) is 116 Å². The van der Waals surface area contributed by atoms with Crippen LogP contribution in [-0.4, -0.2) is 43.2 Å². The van der Waals surface area contributed by atoms with Gasteiger partial charge >= 0.3 is 5.97 Å². The van der Waals surface area contributed by atoms with Crippen molar-refractivity contribution in [2.45, 2.75) is 24.9 Å². The number of rotatable bonds is 10. The quantitative estimate of drug-likeness (QED) is 0.144. The van der Waals surface area contributed by atoms with Gasteiger partial charge in [0, 0.05) is 23.8 Å². The highest BCUT2D eigenvalue weighted by atomic mass is 35.5. The zero-order valence-corrected chi connectivity index (χ0v) is 25.1. The standard InChI is InChI=1S/C29H25Cl3N2O6S/c1-4-13-34-18(2)27(29(36)39-3)24(28(34)35)15-21-8-9-22(40-21)17-33(16-19-5-12-25(31)26(32)14-19)41(37,38)23-10-6-20(30)7-11-23/h4-12,14-15H,1,13,16-17H2,2-3H3/b24-15+. The molecule has 2 aromatic carbocycles. The Morgan fingerprint density at radius 1 is 1.05 bits per heavy atom. The Morgan fingerprint density at radius 3 is 2.39 bits per heavy atom. The molecule has 1 aliphatic rings. The molecule has 1 aromatic heterocycles. The number of amides is 1. The summed E-state index contributed by atoms with van der Waals surface area (Å²) in [5.41, 5.74) is 1.25. The Kier molecular flexibility index (Phi) is 9.46. The van der Waals surface area contributed by atoms with E-state index in [1.807, 2.05) is 0 Å². The first-order chi connectivity index (χ1) is 19.5. The molecule has 2 heterocycles. The van der Waals surface area contributed by atoms with Crippen molar-refractivity contribution in [1.82, 2.24) is 9.21 Å². The van der Waals surface area contributed by atoms with Crippen molar-refractivity contribution in [2.75, 3.05) is 13.7 Å². The van der Waals surface area contributed by atoms with Gasteiger partial charge in [-0.05, 0) is 67.1 Å². The second-order valence-corrected chi connectivity index (χ2v) is 12.2. The molecule has 1 aliphatic heterocycles. The summed E-state index contributed by atoms with van der Waals surface area (Å²) in [6, 6.07) is 13.9. The number of esters is 1. The SMILES string of the molecule is C=CCN1C(=O)/C(=C/c2ccc(CN(Cc3ccc(Cl)c(Cl)c3)S(=O)(=O)c3ccc(Cl)cc3)o2)C(C(=O)OC)=C1C. The van der Waals surface area contributed by atoms with Crippen LogP contribution >= 0.6 is 34.8 Å². The first-order valence-corrected chi connectivity index (χ1v) is 14.8. The van der Waals surface area contributed by atoms with Crippen LogP contribution < -0.4 is 0 Å². The molecular weight excluding hydrogens is 611 g/mol. The fourth-order valence-electron chi connectivity index (χ4n) is 4.27. The first-order valence-electron chi connectivity index (χ1n) is 12.2. The fourth-order valence-corrected chi connectivity index (χ4v) is 6.11. The second-order valence-electron chi connectivity index (χ2n) is 8.99. The zero-order valence-electron chi connectivity index (χ0n) is 22.1. The molecule has 0 N–H and O–H groups in total. The number of carbonyl (C=O) groups is 2. The van der Waals surface area contributed by atoms with Crippen molar-refractivity contribution >= 4 is 62.8 Å². The van der Waals surface area contributed by atoms with Crippen molar-refractivity contribution in [3.8, 4) is 0 Å². The Hall–Kier alpha value is -3.34. The first kappa shape index (κ1) is 30.6. The average molecular weight is 636 g/mol. The minimum atomic E-state index is -4.02. The third-order valence-corrected chi connectivity index (χ3v) is 9.11. The molecule has 214 valence electrons. The van der Waals surface area contributed by atoms with Crippen LogP contribution in [0.5, 0.6) is 0 Å². The van der Waals surface area contributed by atoms with Crippen LogP contribution in [0, 0.1) is 0 Å². The molecule has 12 heteroatoms. The highest BCUT2D eigenvalue weighted by Gasteiger charge is 2.36. The summed E-state index contributed by atoms with van der Waals surface area (Å²) in [4.78, 5) is 27.0. The number of methoxy groups -OCH3 is 1. The van der Waals surface area contributed by atoms with Gasteiger partial charge in [0.15, 0.2) is 0 Å². The molecule has 41 heavy (non-hydrogen) atoms. The van der Waals surface area contributed by atoms with Crippen molar-refractivity contribution in [1.29, 1.82) is 0 Å². The molecule has 1 amide bonds. The Morgan fingerprint density at radius 2 is 1.76 bits per heavy atom. The minimum absolute atomic E-state index is 0.0393. The van der Waals surface area contributed by atoms with Crippen LogP contribution in [0.15, 0.2) is 93.4 Å². The van der Waals surface area contributed by atoms with E-state index in [1.165, 1.54) is 46.7 Å². The third-order valence-electron chi connectivity index (χ3n) is 6.31. The number of carbonyl (C=O) groups excluding carboxylic acids is 2. The van der Waals surface area contributed by atoms with E-state index in [9.17, 15) is 18.0 Å². The van der Waals surface area contributed by atoms with Gasteiger partial charge in [-0.3, -0.25) is 4.79 Å². The molecule has 0 spiro atoms. The van der Waals surface area contributed by atoms with Gasteiger partial charge in [0.25, 0.3) is 5.91 Å². The van der Waals surface area contributed by atoms with E-state index in [-0.39, 0.29) is 46.5 Å². The lowest BCUT2D eigenvalue weighted by Gasteiger charge is -2.22. The van der Waals surface area contributed by atoms with Gasteiger partial charge in [0.05, 0.1) is 39.7 Å². The average Bonchev–Trinajstić information content (AvgIpc) is 3.48. The summed E-state index contributed by atoms with van der Waals surface area (Å²) in [5.74, 6) is -0.533. The van der Waals surface area contributed by atoms with E-state index in [1.54, 1.807) is 43.3 Å². The van der Waals surface area contributed by atoms with Gasteiger partial charge in [0.2, 0.25) is 10.0 Å². The number of benzene rings is 2. The topological polar surface area (TPSA) is 97.1 Å². The van der Waals surface area contributed by atoms with E-state index in [0.29, 0.717) is 27.1 Å². The molecule has 0 saturated heterocycles. The number of hydrogen-bond donors (Lipinski definition) is 0. The molecule has 3 aromatic rings. The predicted octanol–water partition coefficient (Wildman–Crippen LogP) is 6.49. The minimum Gasteiger partial charge on any atom is -0.465 e. The number of furan rings is 1. The third kappa shape index (κ3) is 6.60. The summed E-state index contributed by atoms with van der Waals surface area (Å²) in [6.07, 6.45) is 2.98. The zero-order chi connectivity index (χ0) is 29.9.